The van der Waals surface area contributed by atoms with Crippen LogP contribution in [0, 0.1) is 23.6 Å². The van der Waals surface area contributed by atoms with E-state index in [1.807, 2.05) is 31.2 Å². The predicted octanol–water partition coefficient (Wildman–Crippen LogP) is 5.52. The normalized spacial score (nSPS) is 25.6. The Bertz CT molecular complexity index is 1290. The van der Waals surface area contributed by atoms with E-state index in [0.717, 1.165) is 29.6 Å². The smallest absolute Gasteiger partial charge is 0.455 e. The number of carbonyl (C=O) groups excluding carboxylic acids is 2. The summed E-state index contributed by atoms with van der Waals surface area (Å²) in [5, 5.41) is 20.2. The summed E-state index contributed by atoms with van der Waals surface area (Å²) >= 11 is 0. The molecule has 0 bridgehead atoms. The molecule has 0 aromatic heterocycles. The largest absolute Gasteiger partial charge is 0.505 e. The highest BCUT2D eigenvalue weighted by atomic mass is 19.1. The van der Waals surface area contributed by atoms with E-state index < -0.39 is 24.8 Å². The molecule has 2 aromatic rings. The Morgan fingerprint density at radius 2 is 1.89 bits per heavy atom. The number of amides is 2. The molecule has 5 rings (SSSR count). The maximum Gasteiger partial charge on any atom is 0.455 e. The molecule has 2 aliphatic heterocycles. The molecular formula is C30H33BFNO5. The third-order valence-electron chi connectivity index (χ3n) is 8.27. The number of allylic oxidation sites excluding steroid dienone is 2. The maximum absolute atomic E-state index is 13.8. The van der Waals surface area contributed by atoms with Crippen LogP contribution >= 0.6 is 0 Å². The van der Waals surface area contributed by atoms with Gasteiger partial charge in [-0.15, -0.1) is 0 Å². The minimum atomic E-state index is -1.01. The van der Waals surface area contributed by atoms with Gasteiger partial charge in [-0.05, 0) is 79.7 Å². The summed E-state index contributed by atoms with van der Waals surface area (Å²) in [5.41, 5.74) is 4.56. The van der Waals surface area contributed by atoms with Crippen LogP contribution in [0.5, 0.6) is 5.75 Å². The number of hydrogen-bond donors (Lipinski definition) is 2. The van der Waals surface area contributed by atoms with Gasteiger partial charge in [0.1, 0.15) is 0 Å². The molecule has 2 heterocycles. The highest BCUT2D eigenvalue weighted by molar-refractivity contribution is 6.43. The quantitative estimate of drug-likeness (QED) is 0.287. The number of nitrogens with zero attached hydrogens (tertiary/aromatic N) is 1. The minimum Gasteiger partial charge on any atom is -0.505 e. The number of hydrogen-bond acceptors (Lipinski definition) is 5. The van der Waals surface area contributed by atoms with E-state index in [0.29, 0.717) is 36.8 Å². The number of para-hydroxylation sites is 1. The highest BCUT2D eigenvalue weighted by Crippen LogP contribution is 2.51. The molecule has 2 N–H and O–H groups in total. The van der Waals surface area contributed by atoms with E-state index in [1.54, 1.807) is 18.2 Å². The monoisotopic (exact) mass is 517 g/mol. The standard InChI is InChI=1S/C30H33BFNO5/c1-3-18(14-19-10-12-25(34)24(32)15-19)11-13-26-27-20(4-2)16-22-28(23(27)17-31(37)38-26)30(36)33(29(22)35)21-8-6-5-7-9-21/h5-10,12,14-15,22-23,26,28,34,37H,3-4,11,13,16-17H2,1-2H3/b18-14+/t22-,23+,26-,28-/m1/s1. The fourth-order valence-electron chi connectivity index (χ4n) is 6.45. The SMILES string of the molecule is CCC1=C2[C@@H](CC/C(=C/c3ccc(O)c(F)c3)CC)OB(O)C[C@@H]2[C@@H]2C(=O)N(c3ccccc3)C(=O)[C@@H]2C1. The Labute approximate surface area is 223 Å². The third kappa shape index (κ3) is 4.83. The first-order valence-corrected chi connectivity index (χ1v) is 13.5. The van der Waals surface area contributed by atoms with Crippen LogP contribution in [0.3, 0.4) is 0 Å². The average molecular weight is 517 g/mol. The van der Waals surface area contributed by atoms with Gasteiger partial charge in [0.25, 0.3) is 0 Å². The van der Waals surface area contributed by atoms with E-state index >= 15 is 0 Å². The van der Waals surface area contributed by atoms with Gasteiger partial charge < -0.3 is 14.8 Å². The lowest BCUT2D eigenvalue weighted by Gasteiger charge is -2.43. The van der Waals surface area contributed by atoms with Crippen LogP contribution in [0.15, 0.2) is 65.3 Å². The van der Waals surface area contributed by atoms with Crippen molar-refractivity contribution in [3.05, 3.63) is 76.6 Å². The minimum absolute atomic E-state index is 0.161. The molecule has 2 amide bonds. The first-order chi connectivity index (χ1) is 18.3. The second-order valence-corrected chi connectivity index (χ2v) is 10.4. The van der Waals surface area contributed by atoms with Crippen molar-refractivity contribution in [1.29, 1.82) is 0 Å². The summed E-state index contributed by atoms with van der Waals surface area (Å²) in [6, 6.07) is 13.4. The average Bonchev–Trinajstić information content (AvgIpc) is 3.17. The number of rotatable bonds is 7. The van der Waals surface area contributed by atoms with Crippen LogP contribution in [0.2, 0.25) is 6.32 Å². The molecule has 38 heavy (non-hydrogen) atoms. The van der Waals surface area contributed by atoms with Crippen molar-refractivity contribution in [3.8, 4) is 5.75 Å². The van der Waals surface area contributed by atoms with Crippen LogP contribution in [-0.4, -0.2) is 35.2 Å². The summed E-state index contributed by atoms with van der Waals surface area (Å²) in [4.78, 5) is 28.5. The van der Waals surface area contributed by atoms with Gasteiger partial charge in [0, 0.05) is 0 Å². The zero-order valence-electron chi connectivity index (χ0n) is 21.8. The molecule has 1 aliphatic carbocycles. The lowest BCUT2D eigenvalue weighted by molar-refractivity contribution is -0.122. The molecule has 198 valence electrons. The first kappa shape index (κ1) is 26.4. The topological polar surface area (TPSA) is 87.1 Å². The fourth-order valence-corrected chi connectivity index (χ4v) is 6.45. The molecule has 4 atom stereocenters. The number of phenols is 1. The van der Waals surface area contributed by atoms with E-state index in [-0.39, 0.29) is 29.6 Å². The molecular weight excluding hydrogens is 484 g/mol. The second-order valence-electron chi connectivity index (χ2n) is 10.4. The van der Waals surface area contributed by atoms with Crippen molar-refractivity contribution < 1.29 is 28.8 Å². The van der Waals surface area contributed by atoms with Gasteiger partial charge >= 0.3 is 7.12 Å². The van der Waals surface area contributed by atoms with Gasteiger partial charge in [0.2, 0.25) is 11.8 Å². The van der Waals surface area contributed by atoms with Gasteiger partial charge in [-0.1, -0.05) is 55.3 Å². The molecule has 3 aliphatic rings. The first-order valence-electron chi connectivity index (χ1n) is 13.5. The molecule has 8 heteroatoms. The molecule has 2 fully saturated rings. The summed E-state index contributed by atoms with van der Waals surface area (Å²) in [6.07, 6.45) is 5.16. The van der Waals surface area contributed by atoms with Crippen LogP contribution in [0.1, 0.15) is 51.5 Å². The lowest BCUT2D eigenvalue weighted by Crippen LogP contribution is -2.46. The number of benzene rings is 2. The maximum atomic E-state index is 13.8. The van der Waals surface area contributed by atoms with Crippen molar-refractivity contribution in [2.75, 3.05) is 4.90 Å². The zero-order valence-corrected chi connectivity index (χ0v) is 21.8. The van der Waals surface area contributed by atoms with Crippen LogP contribution < -0.4 is 4.90 Å². The van der Waals surface area contributed by atoms with Crippen molar-refractivity contribution in [2.45, 2.75) is 58.4 Å². The van der Waals surface area contributed by atoms with E-state index in [9.17, 15) is 24.1 Å². The molecule has 6 nitrogen and oxygen atoms in total. The molecule has 0 saturated carbocycles. The summed E-state index contributed by atoms with van der Waals surface area (Å²) < 4.78 is 19.9. The van der Waals surface area contributed by atoms with E-state index in [4.69, 9.17) is 4.65 Å². The van der Waals surface area contributed by atoms with Gasteiger partial charge in [-0.25, -0.2) is 4.39 Å². The number of fused-ring (bicyclic) bond motifs is 3. The molecule has 0 spiro atoms. The van der Waals surface area contributed by atoms with Crippen LogP contribution in [0.25, 0.3) is 6.08 Å². The Morgan fingerprint density at radius 1 is 1.13 bits per heavy atom. The Hall–Kier alpha value is -3.23. The van der Waals surface area contributed by atoms with Gasteiger partial charge in [-0.2, -0.15) is 0 Å². The molecule has 0 unspecified atom stereocenters. The second kappa shape index (κ2) is 10.9. The highest BCUT2D eigenvalue weighted by Gasteiger charge is 2.57. The summed E-state index contributed by atoms with van der Waals surface area (Å²) in [5.74, 6) is -2.57. The molecule has 2 saturated heterocycles. The van der Waals surface area contributed by atoms with Crippen molar-refractivity contribution in [1.82, 2.24) is 0 Å². The number of carbonyl (C=O) groups is 2. The van der Waals surface area contributed by atoms with Crippen LogP contribution in [-0.2, 0) is 14.2 Å². The predicted molar refractivity (Wildman–Crippen MR) is 145 cm³/mol. The van der Waals surface area contributed by atoms with E-state index in [2.05, 4.69) is 6.92 Å². The van der Waals surface area contributed by atoms with Gasteiger partial charge in [0.15, 0.2) is 11.6 Å². The molecule has 2 aromatic carbocycles. The lowest BCUT2D eigenvalue weighted by atomic mass is 9.58. The fraction of sp³-hybridized carbons (Fsp3) is 0.400. The Balaban J connectivity index is 1.41. The van der Waals surface area contributed by atoms with Crippen LogP contribution in [0.4, 0.5) is 10.1 Å². The van der Waals surface area contributed by atoms with Gasteiger partial charge in [-0.3, -0.25) is 14.5 Å². The number of anilines is 1. The van der Waals surface area contributed by atoms with Crippen molar-refractivity contribution in [3.63, 3.8) is 0 Å². The summed E-state index contributed by atoms with van der Waals surface area (Å²) in [6.45, 7) is 4.10. The van der Waals surface area contributed by atoms with Crippen molar-refractivity contribution in [2.24, 2.45) is 17.8 Å². The Morgan fingerprint density at radius 3 is 2.58 bits per heavy atom. The summed E-state index contributed by atoms with van der Waals surface area (Å²) in [7, 11) is -1.01. The zero-order chi connectivity index (χ0) is 27.0. The number of phenolic OH excluding ortho intramolecular Hbond substituents is 1. The van der Waals surface area contributed by atoms with E-state index in [1.165, 1.54) is 17.0 Å². The number of halogens is 1. The van der Waals surface area contributed by atoms with Gasteiger partial charge in [0.05, 0.1) is 23.6 Å². The Kier molecular flexibility index (Phi) is 7.55. The van der Waals surface area contributed by atoms with Crippen molar-refractivity contribution >= 4 is 30.7 Å². The molecule has 0 radical (unpaired) electrons. The third-order valence-corrected chi connectivity index (χ3v) is 8.27. The number of aromatic hydroxyl groups is 1. The number of imide groups is 1.